The Kier molecular flexibility index (Phi) is 5.21. The van der Waals surface area contributed by atoms with E-state index in [1.54, 1.807) is 0 Å². The molecule has 92 valence electrons. The van der Waals surface area contributed by atoms with Crippen molar-refractivity contribution in [2.75, 3.05) is 26.3 Å². The van der Waals surface area contributed by atoms with Gasteiger partial charge >= 0.3 is 5.97 Å². The number of ether oxygens (including phenoxy) is 1. The lowest BCUT2D eigenvalue weighted by Gasteiger charge is -2.32. The summed E-state index contributed by atoms with van der Waals surface area (Å²) in [5.74, 6) is -1.20. The fraction of sp³-hybridized carbons (Fsp3) is 0.800. The van der Waals surface area contributed by atoms with Gasteiger partial charge in [0.15, 0.2) is 0 Å². The van der Waals surface area contributed by atoms with Gasteiger partial charge in [-0.3, -0.25) is 4.79 Å². The van der Waals surface area contributed by atoms with Gasteiger partial charge in [-0.05, 0) is 19.3 Å². The van der Waals surface area contributed by atoms with Crippen LogP contribution in [0.2, 0.25) is 0 Å². The van der Waals surface area contributed by atoms with Crippen LogP contribution in [0, 0.1) is 0 Å². The molecule has 0 unspecified atom stereocenters. The maximum Gasteiger partial charge on any atom is 0.326 e. The van der Waals surface area contributed by atoms with Crippen molar-refractivity contribution in [1.29, 1.82) is 0 Å². The number of hydrogen-bond acceptors (Lipinski definition) is 4. The number of carbonyl (C=O) groups is 2. The fourth-order valence-corrected chi connectivity index (χ4v) is 1.81. The number of carboxylic acids is 1. The number of carboxylic acid groups (broad SMARTS) is 1. The van der Waals surface area contributed by atoms with Gasteiger partial charge < -0.3 is 20.5 Å². The predicted molar refractivity (Wildman–Crippen MR) is 56.9 cm³/mol. The Morgan fingerprint density at radius 2 is 2.19 bits per heavy atom. The summed E-state index contributed by atoms with van der Waals surface area (Å²) in [7, 11) is 0. The molecule has 0 aromatic rings. The normalized spacial score (nSPS) is 20.8. The average Bonchev–Trinajstić information content (AvgIpc) is 2.29. The van der Waals surface area contributed by atoms with Crippen LogP contribution >= 0.6 is 0 Å². The van der Waals surface area contributed by atoms with Crippen LogP contribution in [0.3, 0.4) is 0 Å². The number of likely N-dealkylation sites (tertiary alicyclic amines) is 1. The lowest BCUT2D eigenvalue weighted by atomic mass is 10.0. The number of nitrogens with two attached hydrogens (primary N) is 1. The standard InChI is InChI=1S/C10H18N2O4/c11-4-6-16-7-9(13)12-5-2-1-3-8(12)10(14)15/h8H,1-7,11H2,(H,14,15)/t8-/m1/s1. The van der Waals surface area contributed by atoms with Crippen LogP contribution in [0.15, 0.2) is 0 Å². The number of aliphatic carboxylic acids is 1. The van der Waals surface area contributed by atoms with Crippen molar-refractivity contribution >= 4 is 11.9 Å². The fourth-order valence-electron chi connectivity index (χ4n) is 1.81. The van der Waals surface area contributed by atoms with Gasteiger partial charge in [0.1, 0.15) is 12.6 Å². The van der Waals surface area contributed by atoms with Gasteiger partial charge in [0.05, 0.1) is 6.61 Å². The molecule has 0 spiro atoms. The molecule has 0 aromatic carbocycles. The second-order valence-electron chi connectivity index (χ2n) is 3.78. The second-order valence-corrected chi connectivity index (χ2v) is 3.78. The zero-order chi connectivity index (χ0) is 12.0. The van der Waals surface area contributed by atoms with E-state index in [0.717, 1.165) is 12.8 Å². The molecule has 1 aliphatic rings. The van der Waals surface area contributed by atoms with Crippen molar-refractivity contribution in [3.8, 4) is 0 Å². The Morgan fingerprint density at radius 1 is 1.44 bits per heavy atom. The third kappa shape index (κ3) is 3.46. The molecule has 1 atom stereocenters. The number of hydrogen-bond donors (Lipinski definition) is 2. The topological polar surface area (TPSA) is 92.9 Å². The molecule has 0 bridgehead atoms. The summed E-state index contributed by atoms with van der Waals surface area (Å²) in [4.78, 5) is 24.0. The lowest BCUT2D eigenvalue weighted by molar-refractivity contribution is -0.154. The molecule has 0 aliphatic carbocycles. The number of carbonyl (C=O) groups excluding carboxylic acids is 1. The highest BCUT2D eigenvalue weighted by atomic mass is 16.5. The molecule has 6 nitrogen and oxygen atoms in total. The highest BCUT2D eigenvalue weighted by Gasteiger charge is 2.31. The van der Waals surface area contributed by atoms with Crippen LogP contribution in [0.25, 0.3) is 0 Å². The van der Waals surface area contributed by atoms with Gasteiger partial charge in [0, 0.05) is 13.1 Å². The van der Waals surface area contributed by atoms with E-state index in [1.165, 1.54) is 4.90 Å². The highest BCUT2D eigenvalue weighted by molar-refractivity contribution is 5.84. The second kappa shape index (κ2) is 6.44. The first-order valence-electron chi connectivity index (χ1n) is 5.47. The van der Waals surface area contributed by atoms with Gasteiger partial charge in [-0.25, -0.2) is 4.79 Å². The number of rotatable bonds is 5. The molecule has 0 radical (unpaired) electrons. The molecule has 0 saturated carbocycles. The average molecular weight is 230 g/mol. The van der Waals surface area contributed by atoms with Gasteiger partial charge in [-0.2, -0.15) is 0 Å². The highest BCUT2D eigenvalue weighted by Crippen LogP contribution is 2.17. The molecule has 1 amide bonds. The van der Waals surface area contributed by atoms with Crippen molar-refractivity contribution in [3.05, 3.63) is 0 Å². The summed E-state index contributed by atoms with van der Waals surface area (Å²) >= 11 is 0. The van der Waals surface area contributed by atoms with E-state index >= 15 is 0 Å². The minimum absolute atomic E-state index is 0.0824. The minimum atomic E-state index is -0.938. The van der Waals surface area contributed by atoms with Crippen LogP contribution in [0.5, 0.6) is 0 Å². The first-order valence-corrected chi connectivity index (χ1v) is 5.47. The SMILES string of the molecule is NCCOCC(=O)N1CCCC[C@@H]1C(=O)O. The molecular weight excluding hydrogens is 212 g/mol. The Bertz CT molecular complexity index is 257. The van der Waals surface area contributed by atoms with Crippen molar-refractivity contribution in [2.24, 2.45) is 5.73 Å². The predicted octanol–water partition coefficient (Wildman–Crippen LogP) is -0.573. The molecule has 1 aliphatic heterocycles. The van der Waals surface area contributed by atoms with Crippen LogP contribution < -0.4 is 5.73 Å². The summed E-state index contributed by atoms with van der Waals surface area (Å²) in [5.41, 5.74) is 5.22. The number of amides is 1. The number of piperidine rings is 1. The molecular formula is C10H18N2O4. The summed E-state index contributed by atoms with van der Waals surface area (Å²) in [6.45, 7) is 1.09. The third-order valence-electron chi connectivity index (χ3n) is 2.60. The molecule has 1 rings (SSSR count). The lowest BCUT2D eigenvalue weighted by Crippen LogP contribution is -2.49. The molecule has 1 fully saturated rings. The zero-order valence-electron chi connectivity index (χ0n) is 9.22. The first-order chi connectivity index (χ1) is 7.66. The van der Waals surface area contributed by atoms with Crippen molar-refractivity contribution in [3.63, 3.8) is 0 Å². The summed E-state index contributed by atoms with van der Waals surface area (Å²) < 4.78 is 5.02. The van der Waals surface area contributed by atoms with E-state index < -0.39 is 12.0 Å². The monoisotopic (exact) mass is 230 g/mol. The first kappa shape index (κ1) is 12.9. The van der Waals surface area contributed by atoms with E-state index in [-0.39, 0.29) is 12.5 Å². The van der Waals surface area contributed by atoms with E-state index in [4.69, 9.17) is 15.6 Å². The van der Waals surface area contributed by atoms with Crippen LogP contribution in [0.4, 0.5) is 0 Å². The molecule has 16 heavy (non-hydrogen) atoms. The smallest absolute Gasteiger partial charge is 0.326 e. The van der Waals surface area contributed by atoms with Gasteiger partial charge in [-0.1, -0.05) is 0 Å². The van der Waals surface area contributed by atoms with E-state index in [1.807, 2.05) is 0 Å². The Balaban J connectivity index is 2.47. The van der Waals surface area contributed by atoms with E-state index in [9.17, 15) is 9.59 Å². The quantitative estimate of drug-likeness (QED) is 0.617. The molecule has 6 heteroatoms. The van der Waals surface area contributed by atoms with Crippen LogP contribution in [-0.4, -0.2) is 54.2 Å². The van der Waals surface area contributed by atoms with Crippen LogP contribution in [0.1, 0.15) is 19.3 Å². The van der Waals surface area contributed by atoms with Crippen LogP contribution in [-0.2, 0) is 14.3 Å². The molecule has 1 heterocycles. The van der Waals surface area contributed by atoms with Crippen molar-refractivity contribution < 1.29 is 19.4 Å². The molecule has 1 saturated heterocycles. The van der Waals surface area contributed by atoms with E-state index in [0.29, 0.717) is 26.1 Å². The Labute approximate surface area is 94.3 Å². The summed E-state index contributed by atoms with van der Waals surface area (Å²) in [5, 5.41) is 8.97. The summed E-state index contributed by atoms with van der Waals surface area (Å²) in [6, 6.07) is -0.692. The maximum absolute atomic E-state index is 11.7. The van der Waals surface area contributed by atoms with E-state index in [2.05, 4.69) is 0 Å². The summed E-state index contributed by atoms with van der Waals surface area (Å²) in [6.07, 6.45) is 2.23. The Hall–Kier alpha value is -1.14. The van der Waals surface area contributed by atoms with Gasteiger partial charge in [0.25, 0.3) is 0 Å². The van der Waals surface area contributed by atoms with Crippen molar-refractivity contribution in [2.45, 2.75) is 25.3 Å². The third-order valence-corrected chi connectivity index (χ3v) is 2.60. The molecule has 3 N–H and O–H groups in total. The van der Waals surface area contributed by atoms with Gasteiger partial charge in [0.2, 0.25) is 5.91 Å². The van der Waals surface area contributed by atoms with Crippen molar-refractivity contribution in [1.82, 2.24) is 4.90 Å². The Morgan fingerprint density at radius 3 is 2.81 bits per heavy atom. The minimum Gasteiger partial charge on any atom is -0.480 e. The number of nitrogens with zero attached hydrogens (tertiary/aromatic N) is 1. The zero-order valence-corrected chi connectivity index (χ0v) is 9.22. The molecule has 0 aromatic heterocycles. The van der Waals surface area contributed by atoms with Gasteiger partial charge in [-0.15, -0.1) is 0 Å². The largest absolute Gasteiger partial charge is 0.480 e. The maximum atomic E-state index is 11.7.